The quantitative estimate of drug-likeness (QED) is 0.657. The Kier molecular flexibility index (Phi) is 5.75. The fourth-order valence-corrected chi connectivity index (χ4v) is 1.11. The van der Waals surface area contributed by atoms with Crippen LogP contribution in [-0.4, -0.2) is 54.0 Å². The molecule has 0 radical (unpaired) electrons. The lowest BCUT2D eigenvalue weighted by atomic mass is 9.85. The third-order valence-electron chi connectivity index (χ3n) is 2.46. The standard InChI is InChI=1S/C11H24N2O3/c1-11(2,3)9(15)6-8(7-14)12-10(16)13(4)5/h8-9,14-15H,6-7H2,1-5H3,(H,12,16)/t8-,9-/m0/s1. The Morgan fingerprint density at radius 2 is 1.88 bits per heavy atom. The van der Waals surface area contributed by atoms with Crippen LogP contribution < -0.4 is 5.32 Å². The predicted octanol–water partition coefficient (Wildman–Crippen LogP) is 0.416. The molecule has 2 atom stereocenters. The van der Waals surface area contributed by atoms with Gasteiger partial charge >= 0.3 is 6.03 Å². The summed E-state index contributed by atoms with van der Waals surface area (Å²) < 4.78 is 0. The number of carbonyl (C=O) groups excluding carboxylic acids is 1. The molecule has 0 aromatic rings. The van der Waals surface area contributed by atoms with Gasteiger partial charge in [0.2, 0.25) is 0 Å². The van der Waals surface area contributed by atoms with E-state index in [2.05, 4.69) is 5.32 Å². The molecule has 16 heavy (non-hydrogen) atoms. The van der Waals surface area contributed by atoms with Crippen molar-refractivity contribution in [1.82, 2.24) is 10.2 Å². The minimum Gasteiger partial charge on any atom is -0.394 e. The highest BCUT2D eigenvalue weighted by Gasteiger charge is 2.26. The number of amides is 2. The van der Waals surface area contributed by atoms with Crippen molar-refractivity contribution in [1.29, 1.82) is 0 Å². The summed E-state index contributed by atoms with van der Waals surface area (Å²) in [6.07, 6.45) is -0.216. The number of nitrogens with one attached hydrogen (secondary N) is 1. The van der Waals surface area contributed by atoms with Gasteiger partial charge in [-0.1, -0.05) is 20.8 Å². The van der Waals surface area contributed by atoms with Gasteiger partial charge in [0.1, 0.15) is 0 Å². The maximum atomic E-state index is 11.4. The molecule has 5 nitrogen and oxygen atoms in total. The third kappa shape index (κ3) is 5.32. The first-order chi connectivity index (χ1) is 7.18. The molecule has 0 bridgehead atoms. The molecule has 3 N–H and O–H groups in total. The first-order valence-electron chi connectivity index (χ1n) is 5.45. The lowest BCUT2D eigenvalue weighted by Gasteiger charge is -2.29. The number of hydrogen-bond donors (Lipinski definition) is 3. The number of rotatable bonds is 4. The van der Waals surface area contributed by atoms with Crippen LogP contribution in [-0.2, 0) is 0 Å². The van der Waals surface area contributed by atoms with E-state index >= 15 is 0 Å². The van der Waals surface area contributed by atoms with E-state index in [1.807, 2.05) is 20.8 Å². The molecule has 0 rings (SSSR count). The van der Waals surface area contributed by atoms with Crippen molar-refractivity contribution in [2.24, 2.45) is 5.41 Å². The first-order valence-corrected chi connectivity index (χ1v) is 5.45. The van der Waals surface area contributed by atoms with Crippen LogP contribution in [0.1, 0.15) is 27.2 Å². The predicted molar refractivity (Wildman–Crippen MR) is 63.2 cm³/mol. The lowest BCUT2D eigenvalue weighted by Crippen LogP contribution is -2.46. The Balaban J connectivity index is 4.26. The van der Waals surface area contributed by atoms with E-state index in [4.69, 9.17) is 5.11 Å². The molecule has 0 fully saturated rings. The Morgan fingerprint density at radius 1 is 1.38 bits per heavy atom. The monoisotopic (exact) mass is 232 g/mol. The first kappa shape index (κ1) is 15.2. The Morgan fingerprint density at radius 3 is 2.19 bits per heavy atom. The van der Waals surface area contributed by atoms with E-state index in [-0.39, 0.29) is 18.1 Å². The lowest BCUT2D eigenvalue weighted by molar-refractivity contribution is 0.0400. The van der Waals surface area contributed by atoms with Crippen molar-refractivity contribution in [2.45, 2.75) is 39.3 Å². The van der Waals surface area contributed by atoms with E-state index < -0.39 is 12.1 Å². The highest BCUT2D eigenvalue weighted by atomic mass is 16.3. The number of urea groups is 1. The minimum absolute atomic E-state index is 0.174. The highest BCUT2D eigenvalue weighted by Crippen LogP contribution is 2.22. The topological polar surface area (TPSA) is 72.8 Å². The molecule has 0 aromatic heterocycles. The van der Waals surface area contributed by atoms with Gasteiger partial charge in [-0.05, 0) is 11.8 Å². The number of nitrogens with zero attached hydrogens (tertiary/aromatic N) is 1. The van der Waals surface area contributed by atoms with Crippen LogP contribution in [0.4, 0.5) is 4.79 Å². The molecule has 0 heterocycles. The van der Waals surface area contributed by atoms with Crippen LogP contribution in [0.3, 0.4) is 0 Å². The summed E-state index contributed by atoms with van der Waals surface area (Å²) in [6, 6.07) is -0.677. The largest absolute Gasteiger partial charge is 0.394 e. The van der Waals surface area contributed by atoms with Gasteiger partial charge < -0.3 is 20.4 Å². The third-order valence-corrected chi connectivity index (χ3v) is 2.46. The van der Waals surface area contributed by atoms with E-state index in [0.717, 1.165) is 0 Å². The van der Waals surface area contributed by atoms with E-state index in [1.165, 1.54) is 4.90 Å². The Bertz CT molecular complexity index is 224. The van der Waals surface area contributed by atoms with Crippen molar-refractivity contribution in [2.75, 3.05) is 20.7 Å². The van der Waals surface area contributed by atoms with Gasteiger partial charge in [-0.15, -0.1) is 0 Å². The van der Waals surface area contributed by atoms with Crippen LogP contribution in [0.2, 0.25) is 0 Å². The summed E-state index contributed by atoms with van der Waals surface area (Å²) in [5.41, 5.74) is -0.254. The molecular formula is C11H24N2O3. The highest BCUT2D eigenvalue weighted by molar-refractivity contribution is 5.73. The summed E-state index contributed by atoms with van der Waals surface area (Å²) in [5, 5.41) is 21.6. The second kappa shape index (κ2) is 6.06. The van der Waals surface area contributed by atoms with Gasteiger partial charge in [-0.25, -0.2) is 4.79 Å². The van der Waals surface area contributed by atoms with Gasteiger partial charge in [0, 0.05) is 14.1 Å². The minimum atomic E-state index is -0.563. The molecular weight excluding hydrogens is 208 g/mol. The second-order valence-electron chi connectivity index (χ2n) is 5.34. The zero-order valence-corrected chi connectivity index (χ0v) is 10.8. The van der Waals surface area contributed by atoms with Gasteiger partial charge in [0.25, 0.3) is 0 Å². The number of aliphatic hydroxyl groups is 2. The average molecular weight is 232 g/mol. The van der Waals surface area contributed by atoms with Crippen LogP contribution >= 0.6 is 0 Å². The average Bonchev–Trinajstić information content (AvgIpc) is 2.14. The number of hydrogen-bond acceptors (Lipinski definition) is 3. The van der Waals surface area contributed by atoms with Crippen molar-refractivity contribution < 1.29 is 15.0 Å². The maximum absolute atomic E-state index is 11.4. The van der Waals surface area contributed by atoms with Crippen LogP contribution in [0.25, 0.3) is 0 Å². The Hall–Kier alpha value is -0.810. The zero-order chi connectivity index (χ0) is 12.9. The fourth-order valence-electron chi connectivity index (χ4n) is 1.11. The van der Waals surface area contributed by atoms with Crippen LogP contribution in [0, 0.1) is 5.41 Å². The van der Waals surface area contributed by atoms with Crippen molar-refractivity contribution >= 4 is 6.03 Å². The van der Waals surface area contributed by atoms with Crippen molar-refractivity contribution in [3.05, 3.63) is 0 Å². The van der Waals surface area contributed by atoms with E-state index in [1.54, 1.807) is 14.1 Å². The SMILES string of the molecule is CN(C)C(=O)N[C@H](CO)C[C@H](O)C(C)(C)C. The number of aliphatic hydroxyl groups excluding tert-OH is 2. The maximum Gasteiger partial charge on any atom is 0.317 e. The normalized spacial score (nSPS) is 15.4. The molecule has 0 aromatic carbocycles. The molecule has 96 valence electrons. The van der Waals surface area contributed by atoms with Gasteiger partial charge in [0.05, 0.1) is 18.8 Å². The molecule has 0 aliphatic heterocycles. The molecule has 0 unspecified atom stereocenters. The molecule has 0 aliphatic carbocycles. The zero-order valence-electron chi connectivity index (χ0n) is 10.8. The van der Waals surface area contributed by atoms with Crippen LogP contribution in [0.15, 0.2) is 0 Å². The van der Waals surface area contributed by atoms with Crippen LogP contribution in [0.5, 0.6) is 0 Å². The molecule has 0 aliphatic rings. The van der Waals surface area contributed by atoms with E-state index in [0.29, 0.717) is 6.42 Å². The summed E-state index contributed by atoms with van der Waals surface area (Å²) in [7, 11) is 3.26. The second-order valence-corrected chi connectivity index (χ2v) is 5.34. The summed E-state index contributed by atoms with van der Waals surface area (Å²) >= 11 is 0. The number of carbonyl (C=O) groups is 1. The molecule has 0 spiro atoms. The Labute approximate surface area is 97.4 Å². The van der Waals surface area contributed by atoms with Gasteiger partial charge in [0.15, 0.2) is 0 Å². The van der Waals surface area contributed by atoms with Crippen molar-refractivity contribution in [3.63, 3.8) is 0 Å². The summed E-state index contributed by atoms with van der Waals surface area (Å²) in [6.45, 7) is 5.58. The van der Waals surface area contributed by atoms with Gasteiger partial charge in [-0.2, -0.15) is 0 Å². The van der Waals surface area contributed by atoms with E-state index in [9.17, 15) is 9.90 Å². The molecule has 0 saturated carbocycles. The summed E-state index contributed by atoms with van der Waals surface area (Å²) in [5.74, 6) is 0. The molecule has 0 saturated heterocycles. The van der Waals surface area contributed by atoms with Gasteiger partial charge in [-0.3, -0.25) is 0 Å². The molecule has 5 heteroatoms. The smallest absolute Gasteiger partial charge is 0.317 e. The van der Waals surface area contributed by atoms with Crippen molar-refractivity contribution in [3.8, 4) is 0 Å². The molecule has 2 amide bonds. The fraction of sp³-hybridized carbons (Fsp3) is 0.909. The summed E-state index contributed by atoms with van der Waals surface area (Å²) in [4.78, 5) is 12.8.